The topological polar surface area (TPSA) is 93.1 Å². The van der Waals surface area contributed by atoms with E-state index in [4.69, 9.17) is 9.84 Å². The molecule has 3 heterocycles. The van der Waals surface area contributed by atoms with Crippen molar-refractivity contribution in [2.24, 2.45) is 0 Å². The molecular weight excluding hydrogens is 318 g/mol. The first-order valence-electron chi connectivity index (χ1n) is 7.89. The maximum atomic E-state index is 8.93. The van der Waals surface area contributed by atoms with E-state index in [2.05, 4.69) is 25.3 Å². The molecule has 3 aromatic rings. The second kappa shape index (κ2) is 7.67. The minimum Gasteiger partial charge on any atom is -0.489 e. The van der Waals surface area contributed by atoms with Crippen LogP contribution in [-0.2, 0) is 0 Å². The molecule has 25 heavy (non-hydrogen) atoms. The fourth-order valence-electron chi connectivity index (χ4n) is 2.31. The van der Waals surface area contributed by atoms with Crippen molar-refractivity contribution in [2.45, 2.75) is 13.8 Å². The molecule has 0 aliphatic carbocycles. The first kappa shape index (κ1) is 16.8. The Balaban J connectivity index is 1.86. The first-order chi connectivity index (χ1) is 12.2. The van der Waals surface area contributed by atoms with Crippen LogP contribution in [0.2, 0.25) is 0 Å². The van der Waals surface area contributed by atoms with Gasteiger partial charge in [-0.2, -0.15) is 0 Å². The van der Waals surface area contributed by atoms with Crippen molar-refractivity contribution in [3.05, 3.63) is 54.4 Å². The molecule has 0 radical (unpaired) electrons. The predicted octanol–water partition coefficient (Wildman–Crippen LogP) is 2.67. The Labute approximate surface area is 145 Å². The van der Waals surface area contributed by atoms with Gasteiger partial charge in [0.25, 0.3) is 0 Å². The molecule has 0 fully saturated rings. The number of aromatic nitrogens is 4. The van der Waals surface area contributed by atoms with Gasteiger partial charge in [-0.3, -0.25) is 4.98 Å². The summed E-state index contributed by atoms with van der Waals surface area (Å²) in [6.45, 7) is 3.90. The third kappa shape index (κ3) is 4.27. The van der Waals surface area contributed by atoms with Crippen LogP contribution in [0.5, 0.6) is 5.75 Å². The molecule has 3 rings (SSSR count). The zero-order valence-electron chi connectivity index (χ0n) is 14.1. The molecule has 0 aromatic carbocycles. The van der Waals surface area contributed by atoms with Crippen molar-refractivity contribution >= 4 is 11.6 Å². The third-order valence-electron chi connectivity index (χ3n) is 3.51. The average Bonchev–Trinajstić information content (AvgIpc) is 2.61. The molecule has 7 nitrogen and oxygen atoms in total. The molecule has 0 saturated carbocycles. The van der Waals surface area contributed by atoms with Crippen LogP contribution in [0, 0.1) is 13.8 Å². The van der Waals surface area contributed by atoms with Crippen molar-refractivity contribution in [1.29, 1.82) is 0 Å². The van der Waals surface area contributed by atoms with Gasteiger partial charge in [0.1, 0.15) is 29.8 Å². The monoisotopic (exact) mass is 337 g/mol. The van der Waals surface area contributed by atoms with Gasteiger partial charge in [0, 0.05) is 24.2 Å². The maximum Gasteiger partial charge on any atom is 0.141 e. The second-order valence-electron chi connectivity index (χ2n) is 5.42. The number of pyridine rings is 2. The molecule has 0 bridgehead atoms. The van der Waals surface area contributed by atoms with E-state index in [0.29, 0.717) is 23.2 Å². The Kier molecular flexibility index (Phi) is 5.15. The molecule has 0 aliphatic heterocycles. The third-order valence-corrected chi connectivity index (χ3v) is 3.51. The lowest BCUT2D eigenvalue weighted by molar-refractivity contribution is 0.200. The van der Waals surface area contributed by atoms with Gasteiger partial charge in [0.15, 0.2) is 0 Å². The molecule has 0 unspecified atom stereocenters. The Bertz CT molecular complexity index is 870. The fraction of sp³-hybridized carbons (Fsp3) is 0.222. The summed E-state index contributed by atoms with van der Waals surface area (Å²) >= 11 is 0. The molecule has 0 amide bonds. The average molecular weight is 337 g/mol. The molecule has 2 N–H and O–H groups in total. The number of hydrogen-bond acceptors (Lipinski definition) is 7. The lowest BCUT2D eigenvalue weighted by Gasteiger charge is -2.10. The van der Waals surface area contributed by atoms with Crippen LogP contribution >= 0.6 is 0 Å². The highest BCUT2D eigenvalue weighted by atomic mass is 16.5. The summed E-state index contributed by atoms with van der Waals surface area (Å²) in [4.78, 5) is 17.1. The van der Waals surface area contributed by atoms with Crippen molar-refractivity contribution < 1.29 is 9.84 Å². The van der Waals surface area contributed by atoms with Gasteiger partial charge in [-0.15, -0.1) is 0 Å². The highest BCUT2D eigenvalue weighted by Crippen LogP contribution is 2.27. The van der Waals surface area contributed by atoms with E-state index >= 15 is 0 Å². The quantitative estimate of drug-likeness (QED) is 0.714. The summed E-state index contributed by atoms with van der Waals surface area (Å²) in [6.07, 6.45) is 5.21. The number of ether oxygens (including phenoxy) is 1. The summed E-state index contributed by atoms with van der Waals surface area (Å²) in [6, 6.07) is 7.51. The first-order valence-corrected chi connectivity index (χ1v) is 7.89. The summed E-state index contributed by atoms with van der Waals surface area (Å²) in [5.41, 5.74) is 2.63. The van der Waals surface area contributed by atoms with Crippen molar-refractivity contribution in [2.75, 3.05) is 18.5 Å². The minimum atomic E-state index is -0.0364. The van der Waals surface area contributed by atoms with Crippen LogP contribution in [0.3, 0.4) is 0 Å². The zero-order chi connectivity index (χ0) is 17.6. The van der Waals surface area contributed by atoms with Crippen LogP contribution in [-0.4, -0.2) is 38.3 Å². The Morgan fingerprint density at radius 3 is 2.64 bits per heavy atom. The van der Waals surface area contributed by atoms with Crippen LogP contribution in [0.25, 0.3) is 11.1 Å². The largest absolute Gasteiger partial charge is 0.489 e. The summed E-state index contributed by atoms with van der Waals surface area (Å²) in [7, 11) is 0. The standard InChI is InChI=1S/C18H19N5O2/c1-12-16(25-8-7-24)9-15(11-21-12)14-3-5-20-18(10-14)23-17-4-6-19-13(2)22-17/h3-6,9-11,24H,7-8H2,1-2H3,(H,19,20,22,23). The van der Waals surface area contributed by atoms with Gasteiger partial charge in [-0.1, -0.05) is 0 Å². The maximum absolute atomic E-state index is 8.93. The van der Waals surface area contributed by atoms with Crippen LogP contribution in [0.4, 0.5) is 11.6 Å². The van der Waals surface area contributed by atoms with Gasteiger partial charge in [0.2, 0.25) is 0 Å². The number of rotatable bonds is 6. The van der Waals surface area contributed by atoms with Gasteiger partial charge in [-0.05, 0) is 43.7 Å². The van der Waals surface area contributed by atoms with Crippen molar-refractivity contribution in [3.63, 3.8) is 0 Å². The van der Waals surface area contributed by atoms with E-state index in [9.17, 15) is 0 Å². The normalized spacial score (nSPS) is 10.5. The molecule has 0 atom stereocenters. The zero-order valence-corrected chi connectivity index (χ0v) is 14.1. The fourth-order valence-corrected chi connectivity index (χ4v) is 2.31. The van der Waals surface area contributed by atoms with E-state index in [1.54, 1.807) is 24.7 Å². The molecule has 0 aliphatic rings. The number of nitrogens with one attached hydrogen (secondary N) is 1. The van der Waals surface area contributed by atoms with Gasteiger partial charge in [0.05, 0.1) is 12.3 Å². The molecule has 0 spiro atoms. The lowest BCUT2D eigenvalue weighted by atomic mass is 10.1. The summed E-state index contributed by atoms with van der Waals surface area (Å²) < 4.78 is 5.53. The summed E-state index contributed by atoms with van der Waals surface area (Å²) in [5.74, 6) is 2.71. The van der Waals surface area contributed by atoms with Crippen molar-refractivity contribution in [3.8, 4) is 16.9 Å². The highest BCUT2D eigenvalue weighted by molar-refractivity contribution is 5.68. The van der Waals surface area contributed by atoms with Gasteiger partial charge < -0.3 is 15.2 Å². The smallest absolute Gasteiger partial charge is 0.141 e. The number of nitrogens with zero attached hydrogens (tertiary/aromatic N) is 4. The van der Waals surface area contributed by atoms with E-state index in [0.717, 1.165) is 16.8 Å². The Morgan fingerprint density at radius 1 is 1.00 bits per heavy atom. The van der Waals surface area contributed by atoms with E-state index in [1.807, 2.05) is 32.0 Å². The second-order valence-corrected chi connectivity index (χ2v) is 5.42. The van der Waals surface area contributed by atoms with Crippen molar-refractivity contribution in [1.82, 2.24) is 19.9 Å². The van der Waals surface area contributed by atoms with E-state index in [1.165, 1.54) is 0 Å². The SMILES string of the molecule is Cc1nccc(Nc2cc(-c3cnc(C)c(OCCO)c3)ccn2)n1. The molecule has 7 heteroatoms. The van der Waals surface area contributed by atoms with Gasteiger partial charge in [-0.25, -0.2) is 15.0 Å². The van der Waals surface area contributed by atoms with Gasteiger partial charge >= 0.3 is 0 Å². The molecular formula is C18H19N5O2. The summed E-state index contributed by atoms with van der Waals surface area (Å²) in [5, 5.41) is 12.1. The number of aliphatic hydroxyl groups is 1. The Morgan fingerprint density at radius 2 is 1.84 bits per heavy atom. The predicted molar refractivity (Wildman–Crippen MR) is 94.8 cm³/mol. The Hall–Kier alpha value is -3.06. The van der Waals surface area contributed by atoms with E-state index in [-0.39, 0.29) is 13.2 Å². The molecule has 3 aromatic heterocycles. The molecule has 128 valence electrons. The number of aryl methyl sites for hydroxylation is 2. The van der Waals surface area contributed by atoms with Crippen LogP contribution in [0.15, 0.2) is 42.9 Å². The lowest BCUT2D eigenvalue weighted by Crippen LogP contribution is -2.04. The highest BCUT2D eigenvalue weighted by Gasteiger charge is 2.07. The van der Waals surface area contributed by atoms with E-state index < -0.39 is 0 Å². The number of hydrogen-bond donors (Lipinski definition) is 2. The minimum absolute atomic E-state index is 0.0364. The molecule has 0 saturated heterocycles. The van der Waals surface area contributed by atoms with Crippen LogP contribution < -0.4 is 10.1 Å². The number of anilines is 2. The van der Waals surface area contributed by atoms with Crippen LogP contribution in [0.1, 0.15) is 11.5 Å². The number of aliphatic hydroxyl groups excluding tert-OH is 1.